The second-order valence-corrected chi connectivity index (χ2v) is 3.40. The molecule has 0 unspecified atom stereocenters. The van der Waals surface area contributed by atoms with Crippen LogP contribution in [0.25, 0.3) is 0 Å². The highest BCUT2D eigenvalue weighted by molar-refractivity contribution is 5.81. The van der Waals surface area contributed by atoms with Crippen LogP contribution in [-0.4, -0.2) is 12.3 Å². The van der Waals surface area contributed by atoms with E-state index in [4.69, 9.17) is 4.84 Å². The summed E-state index contributed by atoms with van der Waals surface area (Å²) in [6.45, 7) is 2.07. The van der Waals surface area contributed by atoms with E-state index in [0.717, 1.165) is 18.4 Å². The quantitative estimate of drug-likeness (QED) is 0.511. The highest BCUT2D eigenvalue weighted by Gasteiger charge is 2.23. The van der Waals surface area contributed by atoms with Crippen LogP contribution >= 0.6 is 0 Å². The summed E-state index contributed by atoms with van der Waals surface area (Å²) >= 11 is 0. The van der Waals surface area contributed by atoms with Crippen LogP contribution in [-0.2, 0) is 4.84 Å². The van der Waals surface area contributed by atoms with Gasteiger partial charge in [0.1, 0.15) is 6.10 Å². The molecule has 1 aliphatic carbocycles. The number of benzene rings is 1. The summed E-state index contributed by atoms with van der Waals surface area (Å²) in [6, 6.07) is 8.13. The van der Waals surface area contributed by atoms with E-state index in [1.807, 2.05) is 18.2 Å². The van der Waals surface area contributed by atoms with E-state index in [0.29, 0.717) is 6.10 Å². The zero-order valence-electron chi connectivity index (χ0n) is 7.73. The van der Waals surface area contributed by atoms with Crippen LogP contribution in [0.2, 0.25) is 0 Å². The lowest BCUT2D eigenvalue weighted by atomic mass is 10.1. The topological polar surface area (TPSA) is 21.6 Å². The molecule has 2 nitrogen and oxygen atoms in total. The molecular weight excluding hydrogens is 162 g/mol. The molecule has 0 heterocycles. The van der Waals surface area contributed by atoms with Crippen LogP contribution in [0.15, 0.2) is 29.4 Å². The Morgan fingerprint density at radius 2 is 2.15 bits per heavy atom. The molecule has 1 aliphatic rings. The normalized spacial score (nSPS) is 16.4. The maximum absolute atomic E-state index is 5.18. The van der Waals surface area contributed by atoms with Gasteiger partial charge in [0.2, 0.25) is 0 Å². The van der Waals surface area contributed by atoms with Gasteiger partial charge >= 0.3 is 0 Å². The molecule has 0 spiro atoms. The maximum Gasteiger partial charge on any atom is 0.127 e. The van der Waals surface area contributed by atoms with Gasteiger partial charge in [-0.15, -0.1) is 0 Å². The third-order valence-corrected chi connectivity index (χ3v) is 2.11. The average molecular weight is 175 g/mol. The Hall–Kier alpha value is -1.31. The molecule has 0 atom stereocenters. The summed E-state index contributed by atoms with van der Waals surface area (Å²) in [4.78, 5) is 5.18. The first kappa shape index (κ1) is 8.30. The lowest BCUT2D eigenvalue weighted by Gasteiger charge is -1.97. The van der Waals surface area contributed by atoms with E-state index in [-0.39, 0.29) is 0 Å². The number of nitrogens with zero attached hydrogens (tertiary/aromatic N) is 1. The van der Waals surface area contributed by atoms with Crippen molar-refractivity contribution in [2.75, 3.05) is 0 Å². The average Bonchev–Trinajstić information content (AvgIpc) is 2.92. The minimum Gasteiger partial charge on any atom is -0.392 e. The molecule has 2 rings (SSSR count). The highest BCUT2D eigenvalue weighted by atomic mass is 16.6. The largest absolute Gasteiger partial charge is 0.392 e. The van der Waals surface area contributed by atoms with Gasteiger partial charge in [-0.2, -0.15) is 0 Å². The molecule has 68 valence electrons. The summed E-state index contributed by atoms with van der Waals surface area (Å²) < 4.78 is 0. The van der Waals surface area contributed by atoms with Crippen LogP contribution in [0.4, 0.5) is 0 Å². The molecule has 2 heteroatoms. The van der Waals surface area contributed by atoms with E-state index in [9.17, 15) is 0 Å². The minimum atomic E-state index is 0.389. The Morgan fingerprint density at radius 3 is 2.85 bits per heavy atom. The van der Waals surface area contributed by atoms with Crippen LogP contribution in [0.3, 0.4) is 0 Å². The Morgan fingerprint density at radius 1 is 1.38 bits per heavy atom. The summed E-state index contributed by atoms with van der Waals surface area (Å²) in [7, 11) is 0. The number of rotatable bonds is 3. The lowest BCUT2D eigenvalue weighted by molar-refractivity contribution is 0.131. The predicted octanol–water partition coefficient (Wildman–Crippen LogP) is 2.51. The van der Waals surface area contributed by atoms with Crippen molar-refractivity contribution in [1.82, 2.24) is 0 Å². The molecule has 1 saturated carbocycles. The summed E-state index contributed by atoms with van der Waals surface area (Å²) in [6.07, 6.45) is 4.49. The highest BCUT2D eigenvalue weighted by Crippen LogP contribution is 2.23. The molecule has 0 saturated heterocycles. The summed E-state index contributed by atoms with van der Waals surface area (Å²) in [5.74, 6) is 0. The van der Waals surface area contributed by atoms with E-state index in [2.05, 4.69) is 18.1 Å². The first-order chi connectivity index (χ1) is 6.36. The molecule has 0 aromatic heterocycles. The standard InChI is InChI=1S/C11H13NO/c1-9-4-2-3-5-10(9)8-12-13-11-6-7-11/h2-5,8,11H,6-7H2,1H3. The van der Waals surface area contributed by atoms with Crippen molar-refractivity contribution in [2.24, 2.45) is 5.16 Å². The van der Waals surface area contributed by atoms with E-state index >= 15 is 0 Å². The molecule has 13 heavy (non-hydrogen) atoms. The van der Waals surface area contributed by atoms with Gasteiger partial charge in [0.15, 0.2) is 0 Å². The summed E-state index contributed by atoms with van der Waals surface area (Å²) in [5.41, 5.74) is 2.36. The summed E-state index contributed by atoms with van der Waals surface area (Å²) in [5, 5.41) is 3.94. The van der Waals surface area contributed by atoms with Crippen LogP contribution in [0.1, 0.15) is 24.0 Å². The number of hydrogen-bond donors (Lipinski definition) is 0. The van der Waals surface area contributed by atoms with Gasteiger partial charge in [-0.3, -0.25) is 0 Å². The zero-order valence-corrected chi connectivity index (χ0v) is 7.73. The van der Waals surface area contributed by atoms with Gasteiger partial charge in [-0.1, -0.05) is 29.4 Å². The van der Waals surface area contributed by atoms with Gasteiger partial charge in [-0.25, -0.2) is 0 Å². The van der Waals surface area contributed by atoms with Crippen molar-refractivity contribution >= 4 is 6.21 Å². The second-order valence-electron chi connectivity index (χ2n) is 3.40. The molecular formula is C11H13NO. The van der Waals surface area contributed by atoms with Crippen molar-refractivity contribution < 1.29 is 4.84 Å². The SMILES string of the molecule is Cc1ccccc1C=NOC1CC1. The molecule has 0 amide bonds. The van der Waals surface area contributed by atoms with Crippen molar-refractivity contribution in [3.05, 3.63) is 35.4 Å². The number of oxime groups is 1. The molecule has 0 radical (unpaired) electrons. The molecule has 1 aromatic rings. The zero-order chi connectivity index (χ0) is 9.10. The van der Waals surface area contributed by atoms with Crippen molar-refractivity contribution in [1.29, 1.82) is 0 Å². The third kappa shape index (κ3) is 2.31. The Bertz CT molecular complexity index is 316. The number of aryl methyl sites for hydroxylation is 1. The van der Waals surface area contributed by atoms with Crippen molar-refractivity contribution in [3.8, 4) is 0 Å². The predicted molar refractivity (Wildman–Crippen MR) is 52.9 cm³/mol. The smallest absolute Gasteiger partial charge is 0.127 e. The molecule has 0 bridgehead atoms. The van der Waals surface area contributed by atoms with E-state index < -0.39 is 0 Å². The van der Waals surface area contributed by atoms with Gasteiger partial charge in [0, 0.05) is 0 Å². The molecule has 0 aliphatic heterocycles. The van der Waals surface area contributed by atoms with Gasteiger partial charge in [0.25, 0.3) is 0 Å². The molecule has 0 N–H and O–H groups in total. The maximum atomic E-state index is 5.18. The van der Waals surface area contributed by atoms with Crippen molar-refractivity contribution in [2.45, 2.75) is 25.9 Å². The second kappa shape index (κ2) is 3.60. The first-order valence-electron chi connectivity index (χ1n) is 4.61. The van der Waals surface area contributed by atoms with Gasteiger partial charge in [-0.05, 0) is 30.9 Å². The van der Waals surface area contributed by atoms with E-state index in [1.165, 1.54) is 5.56 Å². The molecule has 1 fully saturated rings. The van der Waals surface area contributed by atoms with Gasteiger partial charge < -0.3 is 4.84 Å². The van der Waals surface area contributed by atoms with Gasteiger partial charge in [0.05, 0.1) is 6.21 Å². The number of hydrogen-bond acceptors (Lipinski definition) is 2. The van der Waals surface area contributed by atoms with Crippen LogP contribution < -0.4 is 0 Å². The fourth-order valence-electron chi connectivity index (χ4n) is 1.08. The first-order valence-corrected chi connectivity index (χ1v) is 4.61. The van der Waals surface area contributed by atoms with E-state index in [1.54, 1.807) is 6.21 Å². The Kier molecular flexibility index (Phi) is 2.30. The Labute approximate surface area is 78.2 Å². The lowest BCUT2D eigenvalue weighted by Crippen LogP contribution is -1.89. The van der Waals surface area contributed by atoms with Crippen molar-refractivity contribution in [3.63, 3.8) is 0 Å². The van der Waals surface area contributed by atoms with Crippen LogP contribution in [0.5, 0.6) is 0 Å². The monoisotopic (exact) mass is 175 g/mol. The fourth-order valence-corrected chi connectivity index (χ4v) is 1.08. The fraction of sp³-hybridized carbons (Fsp3) is 0.364. The molecule has 1 aromatic carbocycles. The minimum absolute atomic E-state index is 0.389. The third-order valence-electron chi connectivity index (χ3n) is 2.11. The Balaban J connectivity index is 1.99. The van der Waals surface area contributed by atoms with Crippen LogP contribution in [0, 0.1) is 6.92 Å².